The highest BCUT2D eigenvalue weighted by atomic mass is 19.3. The molecule has 2 fully saturated rings. The largest absolute Gasteiger partial charge is 0.477 e. The van der Waals surface area contributed by atoms with E-state index in [0.717, 1.165) is 0 Å². The van der Waals surface area contributed by atoms with E-state index in [0.29, 0.717) is 16.5 Å². The number of urea groups is 1. The molecule has 2 bridgehead atoms. The first-order chi connectivity index (χ1) is 14.4. The van der Waals surface area contributed by atoms with E-state index in [4.69, 9.17) is 13.9 Å². The van der Waals surface area contributed by atoms with Crippen LogP contribution in [0.2, 0.25) is 0 Å². The fraction of sp³-hybridized carbons (Fsp3) is 0.650. The Balaban J connectivity index is 1.44. The van der Waals surface area contributed by atoms with Crippen LogP contribution in [0.3, 0.4) is 0 Å². The van der Waals surface area contributed by atoms with Crippen molar-refractivity contribution in [2.75, 3.05) is 13.1 Å². The molecular weight excluding hydrogens is 416 g/mol. The molecule has 0 aromatic carbocycles. The summed E-state index contributed by atoms with van der Waals surface area (Å²) in [5, 5.41) is 0.509. The number of hydrogen-bond donors (Lipinski definition) is 0. The van der Waals surface area contributed by atoms with E-state index in [2.05, 4.69) is 9.82 Å². The van der Waals surface area contributed by atoms with Crippen LogP contribution in [0.5, 0.6) is 0 Å². The third kappa shape index (κ3) is 4.42. The lowest BCUT2D eigenvalue weighted by Crippen LogP contribution is -2.51. The van der Waals surface area contributed by atoms with E-state index in [1.54, 1.807) is 33.8 Å². The number of aromatic nitrogens is 1. The number of amides is 2. The third-order valence-corrected chi connectivity index (χ3v) is 5.34. The molecule has 1 atom stereocenters. The Hall–Kier alpha value is -2.53. The van der Waals surface area contributed by atoms with Gasteiger partial charge in [-0.2, -0.15) is 18.7 Å². The number of ether oxygens (including phenoxy) is 2. The van der Waals surface area contributed by atoms with Gasteiger partial charge in [-0.05, 0) is 33.8 Å². The van der Waals surface area contributed by atoms with Crippen molar-refractivity contribution in [3.63, 3.8) is 0 Å². The molecule has 4 heterocycles. The molecule has 1 aromatic heterocycles. The number of hydroxylamine groups is 2. The average molecular weight is 441 g/mol. The van der Waals surface area contributed by atoms with E-state index >= 15 is 0 Å². The van der Waals surface area contributed by atoms with Crippen molar-refractivity contribution in [3.05, 3.63) is 24.4 Å². The number of hydrogen-bond acceptors (Lipinski definition) is 7. The van der Waals surface area contributed by atoms with Crippen molar-refractivity contribution in [2.24, 2.45) is 0 Å². The van der Waals surface area contributed by atoms with Crippen molar-refractivity contribution in [2.45, 2.75) is 70.0 Å². The zero-order chi connectivity index (χ0) is 22.6. The van der Waals surface area contributed by atoms with Gasteiger partial charge in [0.25, 0.3) is 0 Å². The maximum absolute atomic E-state index is 14.6. The number of halogens is 2. The molecule has 0 radical (unpaired) electrons. The lowest BCUT2D eigenvalue weighted by atomic mass is 9.87. The van der Waals surface area contributed by atoms with Gasteiger partial charge in [-0.1, -0.05) is 0 Å². The Morgan fingerprint density at radius 1 is 1.26 bits per heavy atom. The van der Waals surface area contributed by atoms with Gasteiger partial charge in [-0.3, -0.25) is 0 Å². The molecule has 11 heteroatoms. The Bertz CT molecular complexity index is 883. The summed E-state index contributed by atoms with van der Waals surface area (Å²) in [6.07, 6.45) is -0.188. The number of oxazole rings is 1. The van der Waals surface area contributed by atoms with Crippen molar-refractivity contribution in [1.29, 1.82) is 0 Å². The number of alkyl halides is 2. The van der Waals surface area contributed by atoms with Crippen molar-refractivity contribution < 1.29 is 37.1 Å². The van der Waals surface area contributed by atoms with Gasteiger partial charge in [0.15, 0.2) is 0 Å². The first-order valence-electron chi connectivity index (χ1n) is 10.0. The third-order valence-electron chi connectivity index (χ3n) is 5.34. The maximum atomic E-state index is 14.6. The first kappa shape index (κ1) is 21.7. The summed E-state index contributed by atoms with van der Waals surface area (Å²) in [4.78, 5) is 34.7. The zero-order valence-corrected chi connectivity index (χ0v) is 17.8. The number of nitrogens with zero attached hydrogens (tertiary/aromatic N) is 3. The fourth-order valence-electron chi connectivity index (χ4n) is 4.49. The number of carbonyl (C=O) groups excluding carboxylic acids is 2. The molecule has 0 saturated carbocycles. The van der Waals surface area contributed by atoms with Crippen LogP contribution in [0, 0.1) is 0 Å². The summed E-state index contributed by atoms with van der Waals surface area (Å²) >= 11 is 0. The molecule has 0 N–H and O–H groups in total. The van der Waals surface area contributed by atoms with E-state index in [-0.39, 0.29) is 25.9 Å². The van der Waals surface area contributed by atoms with Crippen LogP contribution in [0.15, 0.2) is 23.0 Å². The van der Waals surface area contributed by atoms with Gasteiger partial charge in [-0.25, -0.2) is 14.6 Å². The van der Waals surface area contributed by atoms with Crippen LogP contribution in [0.25, 0.3) is 5.57 Å². The lowest BCUT2D eigenvalue weighted by molar-refractivity contribution is -0.330. The monoisotopic (exact) mass is 441 g/mol. The first-order valence-corrected chi connectivity index (χ1v) is 10.0. The van der Waals surface area contributed by atoms with E-state index in [9.17, 15) is 18.4 Å². The number of rotatable bonds is 5. The smallest absolute Gasteiger partial charge is 0.456 e. The second-order valence-corrected chi connectivity index (χ2v) is 9.25. The molecule has 0 spiro atoms. The van der Waals surface area contributed by atoms with Gasteiger partial charge in [0.1, 0.15) is 12.4 Å². The molecule has 31 heavy (non-hydrogen) atoms. The Morgan fingerprint density at radius 2 is 1.94 bits per heavy atom. The maximum Gasteiger partial charge on any atom is 0.477 e. The van der Waals surface area contributed by atoms with Gasteiger partial charge in [0.2, 0.25) is 5.89 Å². The van der Waals surface area contributed by atoms with Gasteiger partial charge in [0, 0.05) is 25.0 Å². The van der Waals surface area contributed by atoms with Gasteiger partial charge in [0.05, 0.1) is 30.0 Å². The average Bonchev–Trinajstić information content (AvgIpc) is 3.23. The molecule has 1 unspecified atom stereocenters. The topological polar surface area (TPSA) is 94.3 Å². The van der Waals surface area contributed by atoms with Crippen LogP contribution in [0.1, 0.15) is 46.4 Å². The predicted molar refractivity (Wildman–Crippen MR) is 101 cm³/mol. The summed E-state index contributed by atoms with van der Waals surface area (Å²) in [6, 6.07) is -1.59. The molecule has 9 nitrogen and oxygen atoms in total. The SMILES string of the molecule is CC1(C)CC(OC(=O)C(F)(F)ON2C(=O)N3CC(c4ncco4)=CC2C3)CC(C)(C)O1. The molecule has 3 aliphatic heterocycles. The second kappa shape index (κ2) is 7.27. The van der Waals surface area contributed by atoms with Crippen molar-refractivity contribution in [3.8, 4) is 0 Å². The summed E-state index contributed by atoms with van der Waals surface area (Å²) in [7, 11) is 0. The minimum absolute atomic E-state index is 0.137. The highest BCUT2D eigenvalue weighted by Gasteiger charge is 2.53. The minimum Gasteiger partial charge on any atom is -0.456 e. The Morgan fingerprint density at radius 3 is 2.55 bits per heavy atom. The normalized spacial score (nSPS) is 25.5. The highest BCUT2D eigenvalue weighted by molar-refractivity contribution is 5.82. The molecule has 1 aromatic rings. The van der Waals surface area contributed by atoms with E-state index in [1.807, 2.05) is 0 Å². The second-order valence-electron chi connectivity index (χ2n) is 9.25. The molecule has 170 valence electrons. The molecule has 3 aliphatic rings. The van der Waals surface area contributed by atoms with Crippen LogP contribution in [-0.4, -0.2) is 69.5 Å². The lowest BCUT2D eigenvalue weighted by Gasteiger charge is -2.44. The standard InChI is InChI=1S/C20H25F2N3O6/c1-18(2)8-14(9-19(3,4)30-18)29-16(26)20(21,22)31-25-13-7-12(15-23-5-6-28-15)10-24(11-13)17(25)27/h5-7,13-14H,8-11H2,1-4H3. The van der Waals surface area contributed by atoms with Crippen LogP contribution in [0.4, 0.5) is 13.6 Å². The molecule has 2 saturated heterocycles. The van der Waals surface area contributed by atoms with Crippen molar-refractivity contribution >= 4 is 17.6 Å². The van der Waals surface area contributed by atoms with Crippen LogP contribution < -0.4 is 0 Å². The number of esters is 1. The Kier molecular flexibility index (Phi) is 5.08. The zero-order valence-electron chi connectivity index (χ0n) is 17.8. The molecule has 4 rings (SSSR count). The summed E-state index contributed by atoms with van der Waals surface area (Å²) in [5.74, 6) is -1.55. The number of carbonyl (C=O) groups is 2. The number of fused-ring (bicyclic) bond motifs is 2. The Labute approximate surface area is 177 Å². The molecule has 0 aliphatic carbocycles. The molecule has 2 amide bonds. The fourth-order valence-corrected chi connectivity index (χ4v) is 4.49. The van der Waals surface area contributed by atoms with Gasteiger partial charge >= 0.3 is 18.1 Å². The van der Waals surface area contributed by atoms with Gasteiger partial charge in [-0.15, -0.1) is 0 Å². The van der Waals surface area contributed by atoms with Crippen molar-refractivity contribution in [1.82, 2.24) is 14.9 Å². The quantitative estimate of drug-likeness (QED) is 0.649. The summed E-state index contributed by atoms with van der Waals surface area (Å²) in [5.41, 5.74) is -0.712. The van der Waals surface area contributed by atoms with Crippen LogP contribution in [-0.2, 0) is 19.1 Å². The van der Waals surface area contributed by atoms with E-state index < -0.39 is 41.5 Å². The summed E-state index contributed by atoms with van der Waals surface area (Å²) in [6.45, 7) is 7.50. The summed E-state index contributed by atoms with van der Waals surface area (Å²) < 4.78 is 45.4. The molecular formula is C20H25F2N3O6. The minimum atomic E-state index is -4.34. The van der Waals surface area contributed by atoms with Crippen LogP contribution >= 0.6 is 0 Å². The predicted octanol–water partition coefficient (Wildman–Crippen LogP) is 2.98. The van der Waals surface area contributed by atoms with E-state index in [1.165, 1.54) is 17.4 Å². The van der Waals surface area contributed by atoms with Gasteiger partial charge < -0.3 is 18.8 Å². The highest BCUT2D eigenvalue weighted by Crippen LogP contribution is 2.38.